The fraction of sp³-hybridized carbons (Fsp3) is 0.0800. The zero-order valence-corrected chi connectivity index (χ0v) is 32.7. The molecule has 0 saturated heterocycles. The quantitative estimate of drug-likeness (QED) is 0.141. The summed E-state index contributed by atoms with van der Waals surface area (Å²) in [4.78, 5) is 2.68. The van der Waals surface area contributed by atoms with Gasteiger partial charge in [-0.2, -0.15) is 0 Å². The largest absolute Gasteiger partial charge is 0.134 e. The summed E-state index contributed by atoms with van der Waals surface area (Å²) >= 11 is 7.89. The SMILES string of the molecule is c1ccc2c(c1)ccc1c2sc2c(CCSc3ccc(SCCc4cc5ccccc5c5c4sc4c6ccccc6ccc45)cc3)cc3ccccc3c21. The molecular formula is C50H34S4. The van der Waals surface area contributed by atoms with E-state index in [1.54, 1.807) is 0 Å². The van der Waals surface area contributed by atoms with Crippen molar-refractivity contribution >= 4 is 130 Å². The molecule has 0 aliphatic carbocycles. The lowest BCUT2D eigenvalue weighted by Gasteiger charge is -2.09. The van der Waals surface area contributed by atoms with Crippen molar-refractivity contribution in [2.24, 2.45) is 0 Å². The molecule has 0 bridgehead atoms. The molecule has 2 aromatic heterocycles. The number of thiophene rings is 2. The van der Waals surface area contributed by atoms with Gasteiger partial charge in [-0.15, -0.1) is 46.2 Å². The van der Waals surface area contributed by atoms with Gasteiger partial charge in [0.2, 0.25) is 0 Å². The van der Waals surface area contributed by atoms with Crippen LogP contribution in [0.15, 0.2) is 168 Å². The van der Waals surface area contributed by atoms with Crippen molar-refractivity contribution in [2.75, 3.05) is 11.5 Å². The second kappa shape index (κ2) is 13.5. The molecule has 0 atom stereocenters. The Bertz CT molecular complexity index is 3000. The summed E-state index contributed by atoms with van der Waals surface area (Å²) in [5.74, 6) is 2.11. The fourth-order valence-electron chi connectivity index (χ4n) is 8.41. The summed E-state index contributed by atoms with van der Waals surface area (Å²) < 4.78 is 5.70. The van der Waals surface area contributed by atoms with E-state index in [0.717, 1.165) is 24.3 Å². The molecule has 11 rings (SSSR count). The van der Waals surface area contributed by atoms with E-state index >= 15 is 0 Å². The lowest BCUT2D eigenvalue weighted by Crippen LogP contribution is -1.91. The van der Waals surface area contributed by atoms with Crippen LogP contribution in [-0.4, -0.2) is 11.5 Å². The molecule has 54 heavy (non-hydrogen) atoms. The first-order valence-corrected chi connectivity index (χ1v) is 22.2. The van der Waals surface area contributed by atoms with Crippen LogP contribution in [0.4, 0.5) is 0 Å². The molecule has 0 nitrogen and oxygen atoms in total. The Kier molecular flexibility index (Phi) is 8.13. The van der Waals surface area contributed by atoms with Gasteiger partial charge in [0, 0.05) is 61.6 Å². The fourth-order valence-corrected chi connectivity index (χ4v) is 13.0. The molecule has 0 N–H and O–H groups in total. The highest BCUT2D eigenvalue weighted by Gasteiger charge is 2.17. The van der Waals surface area contributed by atoms with Crippen molar-refractivity contribution in [2.45, 2.75) is 22.6 Å². The number of hydrogen-bond acceptors (Lipinski definition) is 4. The Morgan fingerprint density at radius 2 is 0.722 bits per heavy atom. The van der Waals surface area contributed by atoms with Crippen molar-refractivity contribution in [3.63, 3.8) is 0 Å². The lowest BCUT2D eigenvalue weighted by molar-refractivity contribution is 1.18. The predicted molar refractivity (Wildman–Crippen MR) is 244 cm³/mol. The summed E-state index contributed by atoms with van der Waals surface area (Å²) in [6, 6.07) is 58.9. The average molecular weight is 763 g/mol. The number of fused-ring (bicyclic) bond motifs is 14. The summed E-state index contributed by atoms with van der Waals surface area (Å²) in [5.41, 5.74) is 2.92. The molecule has 0 spiro atoms. The van der Waals surface area contributed by atoms with Crippen molar-refractivity contribution in [3.05, 3.63) is 169 Å². The van der Waals surface area contributed by atoms with Crippen LogP contribution in [-0.2, 0) is 12.8 Å². The predicted octanol–water partition coefficient (Wildman–Crippen LogP) is 15.7. The van der Waals surface area contributed by atoms with Gasteiger partial charge in [-0.3, -0.25) is 0 Å². The maximum absolute atomic E-state index is 2.44. The first-order chi connectivity index (χ1) is 26.8. The standard InChI is InChI=1S/C50H34S4/c1-7-15-41-31(9-1)17-23-43-45-39-13-5-3-11-33(39)29-35(47(45)53-49(41)43)25-27-51-37-19-21-38(22-20-37)52-28-26-36-30-34-12-4-6-14-40(34)46-44-24-18-32-10-2-8-16-42(32)50(44)54-48(36)46/h1-24,29-30H,25-28H2. The van der Waals surface area contributed by atoms with Gasteiger partial charge in [0.15, 0.2) is 0 Å². The Labute approximate surface area is 330 Å². The van der Waals surface area contributed by atoms with E-state index in [4.69, 9.17) is 0 Å². The van der Waals surface area contributed by atoms with Crippen LogP contribution in [0.5, 0.6) is 0 Å². The van der Waals surface area contributed by atoms with Crippen LogP contribution < -0.4 is 0 Å². The van der Waals surface area contributed by atoms with Crippen LogP contribution in [0.3, 0.4) is 0 Å². The molecular weight excluding hydrogens is 729 g/mol. The molecule has 0 aliphatic heterocycles. The Morgan fingerprint density at radius 1 is 0.333 bits per heavy atom. The third-order valence-electron chi connectivity index (χ3n) is 11.0. The van der Waals surface area contributed by atoms with E-state index in [1.165, 1.54) is 104 Å². The van der Waals surface area contributed by atoms with Crippen LogP contribution in [0, 0.1) is 0 Å². The van der Waals surface area contributed by atoms with Crippen LogP contribution in [0.2, 0.25) is 0 Å². The van der Waals surface area contributed by atoms with Crippen LogP contribution >= 0.6 is 46.2 Å². The Hall–Kier alpha value is -4.84. The van der Waals surface area contributed by atoms with E-state index in [0.29, 0.717) is 0 Å². The van der Waals surface area contributed by atoms with E-state index < -0.39 is 0 Å². The molecule has 2 heterocycles. The lowest BCUT2D eigenvalue weighted by atomic mass is 9.98. The van der Waals surface area contributed by atoms with E-state index in [2.05, 4.69) is 158 Å². The first kappa shape index (κ1) is 32.6. The number of hydrogen-bond donors (Lipinski definition) is 0. The molecule has 9 aromatic carbocycles. The zero-order chi connectivity index (χ0) is 35.6. The third kappa shape index (κ3) is 5.50. The molecule has 0 radical (unpaired) electrons. The molecule has 258 valence electrons. The molecule has 0 fully saturated rings. The minimum absolute atomic E-state index is 1.04. The van der Waals surface area contributed by atoms with Gasteiger partial charge < -0.3 is 0 Å². The zero-order valence-electron chi connectivity index (χ0n) is 29.5. The van der Waals surface area contributed by atoms with E-state index in [1.807, 2.05) is 46.2 Å². The highest BCUT2D eigenvalue weighted by molar-refractivity contribution is 7.99. The van der Waals surface area contributed by atoms with Crippen molar-refractivity contribution in [3.8, 4) is 0 Å². The van der Waals surface area contributed by atoms with Crippen molar-refractivity contribution in [1.82, 2.24) is 0 Å². The van der Waals surface area contributed by atoms with Gasteiger partial charge in [-0.1, -0.05) is 121 Å². The number of rotatable bonds is 8. The third-order valence-corrected chi connectivity index (χ3v) is 15.6. The number of aryl methyl sites for hydroxylation is 2. The highest BCUT2D eigenvalue weighted by Crippen LogP contribution is 2.45. The normalized spacial score (nSPS) is 12.1. The van der Waals surface area contributed by atoms with Gasteiger partial charge in [0.05, 0.1) is 0 Å². The molecule has 0 unspecified atom stereocenters. The molecule has 0 saturated carbocycles. The Morgan fingerprint density at radius 3 is 1.17 bits per heavy atom. The topological polar surface area (TPSA) is 0 Å². The van der Waals surface area contributed by atoms with Crippen molar-refractivity contribution < 1.29 is 0 Å². The summed E-state index contributed by atoms with van der Waals surface area (Å²) in [6.45, 7) is 0. The van der Waals surface area contributed by atoms with Crippen LogP contribution in [0.25, 0.3) is 83.4 Å². The van der Waals surface area contributed by atoms with Crippen molar-refractivity contribution in [1.29, 1.82) is 0 Å². The number of benzene rings is 9. The Balaban J connectivity index is 0.820. The van der Waals surface area contributed by atoms with Crippen LogP contribution in [0.1, 0.15) is 11.1 Å². The molecule has 11 aromatic rings. The second-order valence-corrected chi connectivity index (χ2v) is 18.5. The van der Waals surface area contributed by atoms with E-state index in [9.17, 15) is 0 Å². The van der Waals surface area contributed by atoms with Gasteiger partial charge in [-0.25, -0.2) is 0 Å². The number of thioether (sulfide) groups is 2. The maximum atomic E-state index is 2.44. The van der Waals surface area contributed by atoms with Gasteiger partial charge in [0.25, 0.3) is 0 Å². The summed E-state index contributed by atoms with van der Waals surface area (Å²) in [5, 5.41) is 16.4. The van der Waals surface area contributed by atoms with E-state index in [-0.39, 0.29) is 0 Å². The molecule has 0 amide bonds. The maximum Gasteiger partial charge on any atom is 0.0434 e. The molecule has 4 heteroatoms. The van der Waals surface area contributed by atoms with Gasteiger partial charge in [-0.05, 0) is 103 Å². The smallest absolute Gasteiger partial charge is 0.0434 e. The summed E-state index contributed by atoms with van der Waals surface area (Å²) in [7, 11) is 0. The monoisotopic (exact) mass is 762 g/mol. The minimum atomic E-state index is 1.04. The van der Waals surface area contributed by atoms with Gasteiger partial charge >= 0.3 is 0 Å². The highest BCUT2D eigenvalue weighted by atomic mass is 32.2. The summed E-state index contributed by atoms with van der Waals surface area (Å²) in [6.07, 6.45) is 2.09. The average Bonchev–Trinajstić information content (AvgIpc) is 3.83. The second-order valence-electron chi connectivity index (χ2n) is 14.1. The minimum Gasteiger partial charge on any atom is -0.134 e. The molecule has 0 aliphatic rings. The van der Waals surface area contributed by atoms with Gasteiger partial charge in [0.1, 0.15) is 0 Å². The first-order valence-electron chi connectivity index (χ1n) is 18.6.